The van der Waals surface area contributed by atoms with Gasteiger partial charge in [-0.2, -0.15) is 0 Å². The van der Waals surface area contributed by atoms with Crippen LogP contribution >= 0.6 is 0 Å². The lowest BCUT2D eigenvalue weighted by Gasteiger charge is -2.12. The fraction of sp³-hybridized carbons (Fsp3) is 0.130. The molecule has 3 N–H and O–H groups in total. The molecule has 3 aromatic carbocycles. The van der Waals surface area contributed by atoms with Crippen molar-refractivity contribution in [3.8, 4) is 0 Å². The summed E-state index contributed by atoms with van der Waals surface area (Å²) in [5.41, 5.74) is 2.11. The van der Waals surface area contributed by atoms with Gasteiger partial charge in [-0.1, -0.05) is 42.5 Å². The van der Waals surface area contributed by atoms with Gasteiger partial charge in [0.1, 0.15) is 0 Å². The standard InChI is InChI=1S/C23H23N3O4S/c1-24-31(29,30)19-13-11-18(12-14-19)22(27)26-21-10-6-5-9-20(21)23(28)25-16-15-17-7-3-2-4-8-17/h2-14,24H,15-16H2,1H3,(H,25,28)(H,26,27). The van der Waals surface area contributed by atoms with Crippen molar-refractivity contribution in [3.05, 3.63) is 95.6 Å². The van der Waals surface area contributed by atoms with Crippen LogP contribution in [0.1, 0.15) is 26.3 Å². The lowest BCUT2D eigenvalue weighted by Crippen LogP contribution is -2.27. The average Bonchev–Trinajstić information content (AvgIpc) is 2.80. The van der Waals surface area contributed by atoms with E-state index in [4.69, 9.17) is 0 Å². The zero-order valence-corrected chi connectivity index (χ0v) is 17.8. The molecular formula is C23H23N3O4S. The van der Waals surface area contributed by atoms with Crippen LogP contribution in [0.15, 0.2) is 83.8 Å². The van der Waals surface area contributed by atoms with Crippen LogP contribution in [0.3, 0.4) is 0 Å². The summed E-state index contributed by atoms with van der Waals surface area (Å²) >= 11 is 0. The molecule has 0 aliphatic rings. The van der Waals surface area contributed by atoms with Crippen LogP contribution in [-0.4, -0.2) is 33.8 Å². The molecule has 0 fully saturated rings. The van der Waals surface area contributed by atoms with Crippen molar-refractivity contribution in [1.29, 1.82) is 0 Å². The topological polar surface area (TPSA) is 104 Å². The average molecular weight is 438 g/mol. The summed E-state index contributed by atoms with van der Waals surface area (Å²) in [6.45, 7) is 0.465. The molecule has 7 nitrogen and oxygen atoms in total. The number of para-hydroxylation sites is 1. The lowest BCUT2D eigenvalue weighted by molar-refractivity contribution is 0.0955. The van der Waals surface area contributed by atoms with Crippen molar-refractivity contribution in [2.24, 2.45) is 0 Å². The number of anilines is 1. The van der Waals surface area contributed by atoms with E-state index in [2.05, 4.69) is 15.4 Å². The minimum absolute atomic E-state index is 0.0599. The summed E-state index contributed by atoms with van der Waals surface area (Å²) in [6.07, 6.45) is 0.697. The molecule has 0 saturated carbocycles. The van der Waals surface area contributed by atoms with Gasteiger partial charge in [0.15, 0.2) is 0 Å². The number of hydrogen-bond acceptors (Lipinski definition) is 4. The fourth-order valence-electron chi connectivity index (χ4n) is 2.95. The molecule has 3 rings (SSSR count). The predicted octanol–water partition coefficient (Wildman–Crippen LogP) is 2.82. The van der Waals surface area contributed by atoms with E-state index < -0.39 is 15.9 Å². The number of amides is 2. The van der Waals surface area contributed by atoms with Crippen LogP contribution in [0.2, 0.25) is 0 Å². The summed E-state index contributed by atoms with van der Waals surface area (Å²) in [7, 11) is -2.26. The number of nitrogens with one attached hydrogen (secondary N) is 3. The molecule has 0 heterocycles. The van der Waals surface area contributed by atoms with Crippen LogP contribution in [-0.2, 0) is 16.4 Å². The van der Waals surface area contributed by atoms with E-state index in [1.807, 2.05) is 30.3 Å². The van der Waals surface area contributed by atoms with Gasteiger partial charge in [0.25, 0.3) is 11.8 Å². The van der Waals surface area contributed by atoms with E-state index in [0.717, 1.165) is 5.56 Å². The highest BCUT2D eigenvalue weighted by Crippen LogP contribution is 2.17. The quantitative estimate of drug-likeness (QED) is 0.504. The van der Waals surface area contributed by atoms with E-state index >= 15 is 0 Å². The molecular weight excluding hydrogens is 414 g/mol. The molecule has 0 aliphatic carbocycles. The molecule has 0 saturated heterocycles. The van der Waals surface area contributed by atoms with Crippen molar-refractivity contribution >= 4 is 27.5 Å². The molecule has 31 heavy (non-hydrogen) atoms. The SMILES string of the molecule is CNS(=O)(=O)c1ccc(C(=O)Nc2ccccc2C(=O)NCCc2ccccc2)cc1. The molecule has 0 aliphatic heterocycles. The summed E-state index contributed by atoms with van der Waals surface area (Å²) in [6, 6.07) is 22.1. The number of benzene rings is 3. The first-order chi connectivity index (χ1) is 14.9. The molecule has 0 atom stereocenters. The molecule has 0 unspecified atom stereocenters. The van der Waals surface area contributed by atoms with Gasteiger partial charge in [0, 0.05) is 12.1 Å². The van der Waals surface area contributed by atoms with Crippen molar-refractivity contribution in [3.63, 3.8) is 0 Å². The highest BCUT2D eigenvalue weighted by Gasteiger charge is 2.15. The van der Waals surface area contributed by atoms with Crippen LogP contribution in [0.4, 0.5) is 5.69 Å². The lowest BCUT2D eigenvalue weighted by atomic mass is 10.1. The smallest absolute Gasteiger partial charge is 0.255 e. The van der Waals surface area contributed by atoms with E-state index in [-0.39, 0.29) is 16.4 Å². The van der Waals surface area contributed by atoms with Crippen molar-refractivity contribution in [2.75, 3.05) is 18.9 Å². The predicted molar refractivity (Wildman–Crippen MR) is 120 cm³/mol. The normalized spacial score (nSPS) is 11.0. The Kier molecular flexibility index (Phi) is 7.17. The third-order valence-corrected chi connectivity index (χ3v) is 6.09. The summed E-state index contributed by atoms with van der Waals surface area (Å²) in [5.74, 6) is -0.736. The largest absolute Gasteiger partial charge is 0.352 e. The first kappa shape index (κ1) is 22.2. The Bertz CT molecular complexity index is 1160. The number of sulfonamides is 1. The molecule has 0 bridgehead atoms. The Morgan fingerprint density at radius 2 is 1.45 bits per heavy atom. The number of carbonyl (C=O) groups excluding carboxylic acids is 2. The molecule has 0 spiro atoms. The molecule has 2 amide bonds. The van der Waals surface area contributed by atoms with Crippen molar-refractivity contribution < 1.29 is 18.0 Å². The Labute approximate surface area is 181 Å². The second-order valence-electron chi connectivity index (χ2n) is 6.72. The van der Waals surface area contributed by atoms with Gasteiger partial charge in [-0.15, -0.1) is 0 Å². The minimum Gasteiger partial charge on any atom is -0.352 e. The number of carbonyl (C=O) groups is 2. The Morgan fingerprint density at radius 3 is 2.13 bits per heavy atom. The zero-order valence-electron chi connectivity index (χ0n) is 17.0. The maximum atomic E-state index is 12.6. The fourth-order valence-corrected chi connectivity index (χ4v) is 3.68. The molecule has 3 aromatic rings. The second kappa shape index (κ2) is 10.0. The van der Waals surface area contributed by atoms with Crippen LogP contribution in [0.5, 0.6) is 0 Å². The third kappa shape index (κ3) is 5.78. The monoisotopic (exact) mass is 437 g/mol. The first-order valence-electron chi connectivity index (χ1n) is 9.67. The van der Waals surface area contributed by atoms with Crippen LogP contribution in [0.25, 0.3) is 0 Å². The second-order valence-corrected chi connectivity index (χ2v) is 8.61. The van der Waals surface area contributed by atoms with E-state index in [1.165, 1.54) is 31.3 Å². The molecule has 160 valence electrons. The van der Waals surface area contributed by atoms with Crippen molar-refractivity contribution in [1.82, 2.24) is 10.0 Å². The Hall–Kier alpha value is -3.49. The van der Waals surface area contributed by atoms with E-state index in [9.17, 15) is 18.0 Å². The summed E-state index contributed by atoms with van der Waals surface area (Å²) < 4.78 is 25.8. The summed E-state index contributed by atoms with van der Waals surface area (Å²) in [5, 5.41) is 5.59. The maximum Gasteiger partial charge on any atom is 0.255 e. The molecule has 0 aromatic heterocycles. The number of hydrogen-bond donors (Lipinski definition) is 3. The van der Waals surface area contributed by atoms with Gasteiger partial charge in [0.2, 0.25) is 10.0 Å². The van der Waals surface area contributed by atoms with Gasteiger partial charge in [-0.3, -0.25) is 9.59 Å². The first-order valence-corrected chi connectivity index (χ1v) is 11.1. The molecule has 0 radical (unpaired) electrons. The maximum absolute atomic E-state index is 12.6. The van der Waals surface area contributed by atoms with Crippen LogP contribution < -0.4 is 15.4 Å². The highest BCUT2D eigenvalue weighted by molar-refractivity contribution is 7.89. The third-order valence-electron chi connectivity index (χ3n) is 4.66. The minimum atomic E-state index is -3.58. The summed E-state index contributed by atoms with van der Waals surface area (Å²) in [4.78, 5) is 25.3. The Morgan fingerprint density at radius 1 is 0.806 bits per heavy atom. The van der Waals surface area contributed by atoms with Crippen LogP contribution in [0, 0.1) is 0 Å². The Balaban J connectivity index is 1.67. The van der Waals surface area contributed by atoms with Gasteiger partial charge < -0.3 is 10.6 Å². The van der Waals surface area contributed by atoms with E-state index in [1.54, 1.807) is 24.3 Å². The zero-order chi connectivity index (χ0) is 22.3. The van der Waals surface area contributed by atoms with Gasteiger partial charge in [-0.25, -0.2) is 13.1 Å². The van der Waals surface area contributed by atoms with E-state index in [0.29, 0.717) is 24.2 Å². The van der Waals surface area contributed by atoms with Crippen molar-refractivity contribution in [2.45, 2.75) is 11.3 Å². The number of rotatable bonds is 8. The van der Waals surface area contributed by atoms with Gasteiger partial charge >= 0.3 is 0 Å². The highest BCUT2D eigenvalue weighted by atomic mass is 32.2. The van der Waals surface area contributed by atoms with Gasteiger partial charge in [0.05, 0.1) is 16.1 Å². The molecule has 8 heteroatoms. The van der Waals surface area contributed by atoms with Gasteiger partial charge in [-0.05, 0) is 55.4 Å².